The second kappa shape index (κ2) is 5.93. The first kappa shape index (κ1) is 13.0. The second-order valence-corrected chi connectivity index (χ2v) is 4.69. The van der Waals surface area contributed by atoms with Gasteiger partial charge in [-0.3, -0.25) is 9.78 Å². The number of hydrogen-bond donors (Lipinski definition) is 2. The van der Waals surface area contributed by atoms with Gasteiger partial charge in [0.25, 0.3) is 5.91 Å². The molecule has 0 spiro atoms. The first-order valence-corrected chi connectivity index (χ1v) is 6.13. The van der Waals surface area contributed by atoms with Crippen LogP contribution in [0.25, 0.3) is 0 Å². The van der Waals surface area contributed by atoms with E-state index in [1.165, 1.54) is 6.20 Å². The zero-order valence-corrected chi connectivity index (χ0v) is 10.3. The lowest BCUT2D eigenvalue weighted by atomic mass is 9.81. The summed E-state index contributed by atoms with van der Waals surface area (Å²) in [4.78, 5) is 15.8. The van der Waals surface area contributed by atoms with Crippen LogP contribution in [0.5, 0.6) is 0 Å². The van der Waals surface area contributed by atoms with Crippen molar-refractivity contribution in [1.29, 1.82) is 0 Å². The fourth-order valence-electron chi connectivity index (χ4n) is 2.06. The third-order valence-electron chi connectivity index (χ3n) is 3.44. The maximum absolute atomic E-state index is 11.9. The molecule has 1 aliphatic rings. The minimum Gasteiger partial charge on any atom is -0.396 e. The molecule has 5 nitrogen and oxygen atoms in total. The number of pyridine rings is 1. The van der Waals surface area contributed by atoms with Gasteiger partial charge in [0, 0.05) is 37.6 Å². The van der Waals surface area contributed by atoms with Crippen molar-refractivity contribution in [1.82, 2.24) is 10.3 Å². The first-order chi connectivity index (χ1) is 8.76. The molecule has 0 saturated carbocycles. The molecule has 1 aliphatic heterocycles. The molecule has 1 fully saturated rings. The van der Waals surface area contributed by atoms with Crippen LogP contribution in [0.15, 0.2) is 24.5 Å². The normalized spacial score (nSPS) is 18.3. The van der Waals surface area contributed by atoms with Gasteiger partial charge in [0.05, 0.1) is 12.2 Å². The van der Waals surface area contributed by atoms with E-state index < -0.39 is 0 Å². The summed E-state index contributed by atoms with van der Waals surface area (Å²) in [5.74, 6) is -0.151. The van der Waals surface area contributed by atoms with Gasteiger partial charge in [0.1, 0.15) is 0 Å². The smallest absolute Gasteiger partial charge is 0.252 e. The van der Waals surface area contributed by atoms with Gasteiger partial charge in [-0.1, -0.05) is 0 Å². The number of aliphatic hydroxyl groups excluding tert-OH is 1. The van der Waals surface area contributed by atoms with Gasteiger partial charge in [-0.25, -0.2) is 0 Å². The van der Waals surface area contributed by atoms with Gasteiger partial charge >= 0.3 is 0 Å². The highest BCUT2D eigenvalue weighted by Crippen LogP contribution is 2.28. The number of amides is 1. The summed E-state index contributed by atoms with van der Waals surface area (Å²) in [6.07, 6.45) is 4.71. The Morgan fingerprint density at radius 1 is 1.50 bits per heavy atom. The monoisotopic (exact) mass is 250 g/mol. The lowest BCUT2D eigenvalue weighted by molar-refractivity contribution is -0.0146. The SMILES string of the molecule is O=C(NCC1(CO)CCOCC1)c1cccnc1. The Hall–Kier alpha value is -1.46. The number of nitrogens with one attached hydrogen (secondary N) is 1. The summed E-state index contributed by atoms with van der Waals surface area (Å²) in [6.45, 7) is 1.83. The number of hydrogen-bond acceptors (Lipinski definition) is 4. The molecule has 18 heavy (non-hydrogen) atoms. The predicted molar refractivity (Wildman–Crippen MR) is 66.1 cm³/mol. The number of ether oxygens (including phenoxy) is 1. The Labute approximate surface area is 106 Å². The van der Waals surface area contributed by atoms with Gasteiger partial charge in [-0.2, -0.15) is 0 Å². The average Bonchev–Trinajstić information content (AvgIpc) is 2.47. The quantitative estimate of drug-likeness (QED) is 0.821. The van der Waals surface area contributed by atoms with Crippen molar-refractivity contribution in [2.24, 2.45) is 5.41 Å². The maximum Gasteiger partial charge on any atom is 0.252 e. The van der Waals surface area contributed by atoms with E-state index in [0.717, 1.165) is 12.8 Å². The Morgan fingerprint density at radius 3 is 2.89 bits per heavy atom. The Balaban J connectivity index is 1.92. The largest absolute Gasteiger partial charge is 0.396 e. The number of aliphatic hydroxyl groups is 1. The third kappa shape index (κ3) is 3.05. The van der Waals surface area contributed by atoms with E-state index in [4.69, 9.17) is 4.74 Å². The van der Waals surface area contributed by atoms with Gasteiger partial charge in [-0.15, -0.1) is 0 Å². The third-order valence-corrected chi connectivity index (χ3v) is 3.44. The van der Waals surface area contributed by atoms with Gasteiger partial charge < -0.3 is 15.2 Å². The van der Waals surface area contributed by atoms with Gasteiger partial charge in [0.15, 0.2) is 0 Å². The highest BCUT2D eigenvalue weighted by molar-refractivity contribution is 5.93. The number of nitrogens with zero attached hydrogens (tertiary/aromatic N) is 1. The second-order valence-electron chi connectivity index (χ2n) is 4.69. The zero-order valence-electron chi connectivity index (χ0n) is 10.3. The Morgan fingerprint density at radius 2 is 2.28 bits per heavy atom. The molecule has 1 aromatic rings. The molecule has 0 atom stereocenters. The summed E-state index contributed by atoms with van der Waals surface area (Å²) in [5.41, 5.74) is 0.300. The molecule has 98 valence electrons. The molecule has 2 rings (SSSR count). The fraction of sp³-hybridized carbons (Fsp3) is 0.538. The van der Waals surface area contributed by atoms with E-state index in [1.807, 2.05) is 0 Å². The molecule has 0 bridgehead atoms. The lowest BCUT2D eigenvalue weighted by Gasteiger charge is -2.35. The Kier molecular flexibility index (Phi) is 4.28. The molecule has 0 unspecified atom stereocenters. The van der Waals surface area contributed by atoms with Crippen LogP contribution < -0.4 is 5.32 Å². The van der Waals surface area contributed by atoms with E-state index in [0.29, 0.717) is 25.3 Å². The minimum atomic E-state index is -0.240. The summed E-state index contributed by atoms with van der Waals surface area (Å²) < 4.78 is 5.28. The summed E-state index contributed by atoms with van der Waals surface area (Å²) in [7, 11) is 0. The van der Waals surface area contributed by atoms with Crippen LogP contribution in [0, 0.1) is 5.41 Å². The van der Waals surface area contributed by atoms with Crippen LogP contribution in [0.2, 0.25) is 0 Å². The standard InChI is InChI=1S/C13H18N2O3/c16-10-13(3-6-18-7-4-13)9-15-12(17)11-2-1-5-14-8-11/h1-2,5,8,16H,3-4,6-7,9-10H2,(H,15,17). The molecular weight excluding hydrogens is 232 g/mol. The van der Waals surface area contributed by atoms with Crippen LogP contribution in [-0.2, 0) is 4.74 Å². The number of carbonyl (C=O) groups is 1. The van der Waals surface area contributed by atoms with Crippen molar-refractivity contribution in [3.8, 4) is 0 Å². The molecule has 1 amide bonds. The summed E-state index contributed by atoms with van der Waals surface area (Å²) in [5, 5.41) is 12.4. The van der Waals surface area contributed by atoms with E-state index in [-0.39, 0.29) is 17.9 Å². The van der Waals surface area contributed by atoms with E-state index in [9.17, 15) is 9.90 Å². The average molecular weight is 250 g/mol. The minimum absolute atomic E-state index is 0.0731. The molecular formula is C13H18N2O3. The highest BCUT2D eigenvalue weighted by Gasteiger charge is 2.32. The maximum atomic E-state index is 11.9. The van der Waals surface area contributed by atoms with Crippen molar-refractivity contribution in [2.45, 2.75) is 12.8 Å². The van der Waals surface area contributed by atoms with Crippen molar-refractivity contribution in [3.63, 3.8) is 0 Å². The van der Waals surface area contributed by atoms with Gasteiger partial charge in [0.2, 0.25) is 0 Å². The van der Waals surface area contributed by atoms with Crippen LogP contribution >= 0.6 is 0 Å². The van der Waals surface area contributed by atoms with Crippen molar-refractivity contribution in [3.05, 3.63) is 30.1 Å². The topological polar surface area (TPSA) is 71.5 Å². The van der Waals surface area contributed by atoms with Crippen LogP contribution in [-0.4, -0.2) is 42.4 Å². The Bertz CT molecular complexity index is 388. The van der Waals surface area contributed by atoms with Crippen LogP contribution in [0.4, 0.5) is 0 Å². The summed E-state index contributed by atoms with van der Waals surface area (Å²) >= 11 is 0. The van der Waals surface area contributed by atoms with E-state index in [1.54, 1.807) is 18.3 Å². The molecule has 2 heterocycles. The fourth-order valence-corrected chi connectivity index (χ4v) is 2.06. The van der Waals surface area contributed by atoms with Crippen molar-refractivity contribution < 1.29 is 14.6 Å². The van der Waals surface area contributed by atoms with E-state index in [2.05, 4.69) is 10.3 Å². The van der Waals surface area contributed by atoms with E-state index >= 15 is 0 Å². The first-order valence-electron chi connectivity index (χ1n) is 6.13. The molecule has 0 radical (unpaired) electrons. The van der Waals surface area contributed by atoms with Gasteiger partial charge in [-0.05, 0) is 25.0 Å². The highest BCUT2D eigenvalue weighted by atomic mass is 16.5. The molecule has 1 saturated heterocycles. The van der Waals surface area contributed by atoms with Crippen molar-refractivity contribution in [2.75, 3.05) is 26.4 Å². The molecule has 1 aromatic heterocycles. The van der Waals surface area contributed by atoms with Crippen LogP contribution in [0.3, 0.4) is 0 Å². The molecule has 0 aromatic carbocycles. The summed E-state index contributed by atoms with van der Waals surface area (Å²) in [6, 6.07) is 3.45. The lowest BCUT2D eigenvalue weighted by Crippen LogP contribution is -2.43. The molecule has 5 heteroatoms. The zero-order chi connectivity index (χ0) is 12.8. The van der Waals surface area contributed by atoms with Crippen molar-refractivity contribution >= 4 is 5.91 Å². The molecule has 2 N–H and O–H groups in total. The number of aromatic nitrogens is 1. The number of rotatable bonds is 4. The molecule has 0 aliphatic carbocycles. The van der Waals surface area contributed by atoms with Crippen LogP contribution in [0.1, 0.15) is 23.2 Å². The number of carbonyl (C=O) groups excluding carboxylic acids is 1. The predicted octanol–water partition coefficient (Wildman–Crippen LogP) is 0.600.